The van der Waals surface area contributed by atoms with Gasteiger partial charge in [0, 0.05) is 0 Å². The van der Waals surface area contributed by atoms with Gasteiger partial charge in [-0.1, -0.05) is 4.97 Å². The summed E-state index contributed by atoms with van der Waals surface area (Å²) in [4.78, 5) is -2.26. The van der Waals surface area contributed by atoms with E-state index in [4.69, 9.17) is 14.8 Å². The van der Waals surface area contributed by atoms with Crippen LogP contribution in [0.2, 0.25) is 0 Å². The van der Waals surface area contributed by atoms with Crippen LogP contribution in [-0.4, -0.2) is 21.9 Å². The summed E-state index contributed by atoms with van der Waals surface area (Å²) in [5.74, 6) is 0.562. The minimum absolute atomic E-state index is 0.212. The second kappa shape index (κ2) is 3.02. The zero-order valence-electron chi connectivity index (χ0n) is 5.80. The van der Waals surface area contributed by atoms with Crippen molar-refractivity contribution in [3.63, 3.8) is 0 Å². The molecule has 0 radical (unpaired) electrons. The van der Waals surface area contributed by atoms with Gasteiger partial charge in [-0.3, -0.25) is 0 Å². The molecule has 1 rings (SSSR count). The van der Waals surface area contributed by atoms with Gasteiger partial charge in [0.1, 0.15) is 12.3 Å². The lowest BCUT2D eigenvalue weighted by Gasteiger charge is -2.22. The van der Waals surface area contributed by atoms with Crippen molar-refractivity contribution in [2.24, 2.45) is 0 Å². The van der Waals surface area contributed by atoms with Gasteiger partial charge in [-0.2, -0.15) is 10.4 Å². The number of rotatable bonds is 3. The van der Waals surface area contributed by atoms with Crippen LogP contribution in [0, 0.1) is 5.21 Å². The Morgan fingerprint density at radius 1 is 1.55 bits per heavy atom. The van der Waals surface area contributed by atoms with Crippen LogP contribution in [0.3, 0.4) is 0 Å². The molecule has 0 bridgehead atoms. The minimum Gasteiger partial charge on any atom is -0.564 e. The first-order valence-corrected chi connectivity index (χ1v) is 3.15. The first-order chi connectivity index (χ1) is 5.08. The second-order valence-corrected chi connectivity index (χ2v) is 2.22. The van der Waals surface area contributed by atoms with Crippen LogP contribution in [0.5, 0.6) is 0 Å². The summed E-state index contributed by atoms with van der Waals surface area (Å²) in [5.41, 5.74) is 0. The predicted octanol–water partition coefficient (Wildman–Crippen LogP) is 0.915. The smallest absolute Gasteiger partial charge is 0.149 e. The van der Waals surface area contributed by atoms with E-state index < -0.39 is 4.97 Å². The molecule has 0 spiro atoms. The Hall–Kier alpha value is -0.880. The molecular formula is C6H9NO4. The fourth-order valence-electron chi connectivity index (χ4n) is 0.711. The largest absolute Gasteiger partial charge is 0.564 e. The van der Waals surface area contributed by atoms with Gasteiger partial charge in [0.25, 0.3) is 0 Å². The lowest BCUT2D eigenvalue weighted by molar-refractivity contribution is -1.21. The molecule has 1 heterocycles. The van der Waals surface area contributed by atoms with Crippen LogP contribution in [0.15, 0.2) is 22.8 Å². The third-order valence-electron chi connectivity index (χ3n) is 1.23. The van der Waals surface area contributed by atoms with Crippen molar-refractivity contribution in [3.8, 4) is 0 Å². The van der Waals surface area contributed by atoms with E-state index in [1.165, 1.54) is 6.26 Å². The molecule has 0 amide bonds. The highest BCUT2D eigenvalue weighted by Crippen LogP contribution is 2.03. The maximum Gasteiger partial charge on any atom is 0.149 e. The molecule has 62 valence electrons. The number of hydrogen-bond acceptors (Lipinski definition) is 4. The van der Waals surface area contributed by atoms with Gasteiger partial charge < -0.3 is 9.62 Å². The van der Waals surface area contributed by atoms with E-state index in [0.29, 0.717) is 5.76 Å². The monoisotopic (exact) mass is 159 g/mol. The molecule has 0 saturated heterocycles. The number of nitrogens with zero attached hydrogens (tertiary/aromatic N) is 1. The van der Waals surface area contributed by atoms with Crippen molar-refractivity contribution < 1.29 is 19.8 Å². The van der Waals surface area contributed by atoms with Crippen molar-refractivity contribution in [2.75, 3.05) is 6.54 Å². The second-order valence-electron chi connectivity index (χ2n) is 2.22. The molecule has 0 aliphatic rings. The lowest BCUT2D eigenvalue weighted by Crippen LogP contribution is -2.35. The molecule has 1 aromatic heterocycles. The van der Waals surface area contributed by atoms with Crippen molar-refractivity contribution in [3.05, 3.63) is 29.4 Å². The molecule has 5 nitrogen and oxygen atoms in total. The van der Waals surface area contributed by atoms with Gasteiger partial charge in [-0.15, -0.1) is 0 Å². The number of hydrogen-bond donors (Lipinski definition) is 2. The topological polar surface area (TPSA) is 76.7 Å². The summed E-state index contributed by atoms with van der Waals surface area (Å²) in [7, 11) is 0. The Balaban J connectivity index is 2.35. The fraction of sp³-hybridized carbons (Fsp3) is 0.333. The summed E-state index contributed by atoms with van der Waals surface area (Å²) in [6.07, 6.45) is 1.67. The maximum atomic E-state index is 10.2. The molecule has 2 N–H and O–H groups in total. The maximum absolute atomic E-state index is 10.2. The summed E-state index contributed by atoms with van der Waals surface area (Å²) < 4.78 is 4.86. The standard InChI is InChI=1S/C6H9NO4/c8-7(9,10)4-3-6-2-1-5-11-6/h1-2,5,8-9H,3-4H2. The molecule has 0 atom stereocenters. The normalized spacial score (nSPS) is 11.9. The third-order valence-corrected chi connectivity index (χ3v) is 1.23. The van der Waals surface area contributed by atoms with Crippen molar-refractivity contribution in [1.82, 2.24) is 0 Å². The van der Waals surface area contributed by atoms with Crippen molar-refractivity contribution in [2.45, 2.75) is 6.42 Å². The van der Waals surface area contributed by atoms with Crippen LogP contribution in [0.4, 0.5) is 0 Å². The van der Waals surface area contributed by atoms with Gasteiger partial charge in [-0.05, 0) is 12.1 Å². The van der Waals surface area contributed by atoms with E-state index in [0.717, 1.165) is 0 Å². The quantitative estimate of drug-likeness (QED) is 0.507. The highest BCUT2D eigenvalue weighted by molar-refractivity contribution is 4.97. The van der Waals surface area contributed by atoms with Crippen LogP contribution in [0.25, 0.3) is 0 Å². The average molecular weight is 159 g/mol. The zero-order chi connectivity index (χ0) is 8.32. The van der Waals surface area contributed by atoms with Gasteiger partial charge in [-0.25, -0.2) is 0 Å². The van der Waals surface area contributed by atoms with Gasteiger partial charge in [0.05, 0.1) is 12.7 Å². The summed E-state index contributed by atoms with van der Waals surface area (Å²) >= 11 is 0. The molecule has 0 aliphatic carbocycles. The number of furan rings is 1. The summed E-state index contributed by atoms with van der Waals surface area (Å²) in [6, 6.07) is 3.33. The van der Waals surface area contributed by atoms with E-state index in [1.807, 2.05) is 0 Å². The van der Waals surface area contributed by atoms with Gasteiger partial charge in [0.2, 0.25) is 0 Å². The minimum atomic E-state index is -2.26. The molecule has 0 saturated carbocycles. The Morgan fingerprint density at radius 2 is 2.27 bits per heavy atom. The van der Waals surface area contributed by atoms with Crippen LogP contribution in [-0.2, 0) is 6.42 Å². The van der Waals surface area contributed by atoms with Gasteiger partial charge in [0.15, 0.2) is 0 Å². The van der Waals surface area contributed by atoms with E-state index >= 15 is 0 Å². The van der Waals surface area contributed by atoms with Crippen LogP contribution in [0.1, 0.15) is 5.76 Å². The SMILES string of the molecule is [O-][N+](O)(O)CCc1ccco1. The van der Waals surface area contributed by atoms with E-state index in [9.17, 15) is 5.21 Å². The third kappa shape index (κ3) is 3.15. The summed E-state index contributed by atoms with van der Waals surface area (Å²) in [5, 5.41) is 26.8. The molecule has 5 heteroatoms. The van der Waals surface area contributed by atoms with Crippen molar-refractivity contribution in [1.29, 1.82) is 0 Å². The Bertz CT molecular complexity index is 201. The predicted molar refractivity (Wildman–Crippen MR) is 34.5 cm³/mol. The molecule has 0 aromatic carbocycles. The first-order valence-electron chi connectivity index (χ1n) is 3.15. The molecule has 11 heavy (non-hydrogen) atoms. The van der Waals surface area contributed by atoms with Crippen molar-refractivity contribution >= 4 is 0 Å². The van der Waals surface area contributed by atoms with Gasteiger partial charge >= 0.3 is 0 Å². The highest BCUT2D eigenvalue weighted by Gasteiger charge is 2.09. The van der Waals surface area contributed by atoms with E-state index in [2.05, 4.69) is 0 Å². The molecular weight excluding hydrogens is 150 g/mol. The Kier molecular flexibility index (Phi) is 2.25. The Labute approximate surface area is 63.2 Å². The fourth-order valence-corrected chi connectivity index (χ4v) is 0.711. The molecule has 1 aromatic rings. The molecule has 0 fully saturated rings. The number of hydroxylamine groups is 3. The first kappa shape index (κ1) is 8.22. The van der Waals surface area contributed by atoms with E-state index in [1.54, 1.807) is 12.1 Å². The molecule has 0 unspecified atom stereocenters. The van der Waals surface area contributed by atoms with Crippen LogP contribution < -0.4 is 0 Å². The summed E-state index contributed by atoms with van der Waals surface area (Å²) in [6.45, 7) is -0.326. The van der Waals surface area contributed by atoms with E-state index in [-0.39, 0.29) is 13.0 Å². The average Bonchev–Trinajstić information content (AvgIpc) is 2.32. The zero-order valence-corrected chi connectivity index (χ0v) is 5.80. The highest BCUT2D eigenvalue weighted by atomic mass is 17.1. The lowest BCUT2D eigenvalue weighted by atomic mass is 10.3. The van der Waals surface area contributed by atoms with Crippen LogP contribution >= 0.6 is 0 Å². The molecule has 0 aliphatic heterocycles. The Morgan fingerprint density at radius 3 is 2.73 bits per heavy atom. The number of quaternary nitrogens is 1.